The Kier molecular flexibility index (Phi) is 10.7. The van der Waals surface area contributed by atoms with Gasteiger partial charge in [0.1, 0.15) is 0 Å². The van der Waals surface area contributed by atoms with Gasteiger partial charge in [0, 0.05) is 25.9 Å². The lowest BCUT2D eigenvalue weighted by Gasteiger charge is -2.12. The Morgan fingerprint density at radius 3 is 2.28 bits per heavy atom. The molecule has 0 spiro atoms. The molecule has 0 aliphatic rings. The van der Waals surface area contributed by atoms with Crippen molar-refractivity contribution in [3.8, 4) is 0 Å². The molecular formula is C22H32IN3O2S. The summed E-state index contributed by atoms with van der Waals surface area (Å²) in [6.45, 7) is 8.56. The van der Waals surface area contributed by atoms with E-state index in [1.165, 1.54) is 22.9 Å². The zero-order valence-corrected chi connectivity index (χ0v) is 20.8. The van der Waals surface area contributed by atoms with Crippen LogP contribution in [0.3, 0.4) is 0 Å². The topological polar surface area (TPSA) is 70.6 Å². The third-order valence-electron chi connectivity index (χ3n) is 4.55. The van der Waals surface area contributed by atoms with Crippen LogP contribution < -0.4 is 10.6 Å². The van der Waals surface area contributed by atoms with Crippen LogP contribution in [-0.4, -0.2) is 40.3 Å². The van der Waals surface area contributed by atoms with Crippen LogP contribution in [-0.2, 0) is 22.7 Å². The van der Waals surface area contributed by atoms with Crippen molar-refractivity contribution in [3.63, 3.8) is 0 Å². The molecule has 0 bridgehead atoms. The van der Waals surface area contributed by atoms with E-state index < -0.39 is 9.84 Å². The number of aryl methyl sites for hydroxylation is 2. The Bertz CT molecular complexity index is 910. The van der Waals surface area contributed by atoms with E-state index >= 15 is 0 Å². The van der Waals surface area contributed by atoms with Crippen molar-refractivity contribution in [1.82, 2.24) is 10.6 Å². The average Bonchev–Trinajstić information content (AvgIpc) is 2.63. The second kappa shape index (κ2) is 12.2. The summed E-state index contributed by atoms with van der Waals surface area (Å²) >= 11 is 0. The van der Waals surface area contributed by atoms with Crippen molar-refractivity contribution in [2.75, 3.05) is 25.9 Å². The maximum absolute atomic E-state index is 11.5. The van der Waals surface area contributed by atoms with Crippen LogP contribution in [0.15, 0.2) is 52.4 Å². The molecule has 0 fully saturated rings. The fraction of sp³-hybridized carbons (Fsp3) is 0.409. The lowest BCUT2D eigenvalue weighted by molar-refractivity contribution is 0.602. The van der Waals surface area contributed by atoms with E-state index in [0.29, 0.717) is 4.90 Å². The van der Waals surface area contributed by atoms with E-state index in [-0.39, 0.29) is 24.0 Å². The molecule has 0 heterocycles. The van der Waals surface area contributed by atoms with Gasteiger partial charge in [-0.2, -0.15) is 0 Å². The smallest absolute Gasteiger partial charge is 0.191 e. The highest BCUT2D eigenvalue weighted by atomic mass is 127. The van der Waals surface area contributed by atoms with E-state index in [4.69, 9.17) is 0 Å². The highest BCUT2D eigenvalue weighted by Gasteiger charge is 2.06. The summed E-state index contributed by atoms with van der Waals surface area (Å²) in [7, 11) is -3.14. The standard InChI is InChI=1S/C22H31N3O2S.HI/c1-5-23-22(25-15-13-20-9-6-17(2)16-18(20)3)24-14-12-19-7-10-21(11-8-19)28(4,26)27;/h6-11,16H,5,12-15H2,1-4H3,(H2,23,24,25);1H. The van der Waals surface area contributed by atoms with E-state index in [2.05, 4.69) is 47.7 Å². The number of benzene rings is 2. The molecule has 0 amide bonds. The molecule has 5 nitrogen and oxygen atoms in total. The normalized spacial score (nSPS) is 11.7. The molecule has 0 aliphatic heterocycles. The molecule has 2 N–H and O–H groups in total. The van der Waals surface area contributed by atoms with E-state index in [9.17, 15) is 8.42 Å². The first-order chi connectivity index (χ1) is 13.3. The number of sulfone groups is 1. The average molecular weight is 529 g/mol. The second-order valence-corrected chi connectivity index (χ2v) is 9.05. The van der Waals surface area contributed by atoms with Crippen molar-refractivity contribution < 1.29 is 8.42 Å². The van der Waals surface area contributed by atoms with Crippen LogP contribution in [0, 0.1) is 13.8 Å². The second-order valence-electron chi connectivity index (χ2n) is 7.03. The number of rotatable bonds is 8. The molecule has 0 radical (unpaired) electrons. The summed E-state index contributed by atoms with van der Waals surface area (Å²) in [5, 5.41) is 6.61. The number of guanidine groups is 1. The van der Waals surface area contributed by atoms with Gasteiger partial charge in [0.2, 0.25) is 0 Å². The number of hydrogen-bond donors (Lipinski definition) is 2. The number of nitrogens with one attached hydrogen (secondary N) is 2. The quantitative estimate of drug-likeness (QED) is 0.311. The molecule has 0 atom stereocenters. The Labute approximate surface area is 192 Å². The van der Waals surface area contributed by atoms with Crippen LogP contribution in [0.25, 0.3) is 0 Å². The minimum absolute atomic E-state index is 0. The van der Waals surface area contributed by atoms with Gasteiger partial charge in [-0.15, -0.1) is 24.0 Å². The maximum atomic E-state index is 11.5. The van der Waals surface area contributed by atoms with Gasteiger partial charge in [-0.25, -0.2) is 8.42 Å². The molecule has 29 heavy (non-hydrogen) atoms. The molecule has 0 unspecified atom stereocenters. The van der Waals surface area contributed by atoms with Crippen LogP contribution >= 0.6 is 24.0 Å². The van der Waals surface area contributed by atoms with Crippen LogP contribution in [0.5, 0.6) is 0 Å². The summed E-state index contributed by atoms with van der Waals surface area (Å²) in [4.78, 5) is 5.02. The Hall–Kier alpha value is -1.61. The van der Waals surface area contributed by atoms with E-state index in [1.54, 1.807) is 12.1 Å². The van der Waals surface area contributed by atoms with Gasteiger partial charge in [0.25, 0.3) is 0 Å². The lowest BCUT2D eigenvalue weighted by Crippen LogP contribution is -2.38. The van der Waals surface area contributed by atoms with Crippen LogP contribution in [0.1, 0.15) is 29.2 Å². The van der Waals surface area contributed by atoms with Crippen LogP contribution in [0.2, 0.25) is 0 Å². The summed E-state index contributed by atoms with van der Waals surface area (Å²) in [6.07, 6.45) is 2.93. The van der Waals surface area contributed by atoms with Gasteiger partial charge in [-0.1, -0.05) is 35.9 Å². The van der Waals surface area contributed by atoms with Gasteiger partial charge in [0.05, 0.1) is 4.90 Å². The largest absolute Gasteiger partial charge is 0.357 e. The third kappa shape index (κ3) is 8.74. The Morgan fingerprint density at radius 2 is 1.69 bits per heavy atom. The molecule has 2 rings (SSSR count). The van der Waals surface area contributed by atoms with E-state index in [1.807, 2.05) is 19.1 Å². The minimum atomic E-state index is -3.14. The van der Waals surface area contributed by atoms with Crippen LogP contribution in [0.4, 0.5) is 0 Å². The lowest BCUT2D eigenvalue weighted by atomic mass is 10.0. The summed E-state index contributed by atoms with van der Waals surface area (Å²) < 4.78 is 23.0. The Morgan fingerprint density at radius 1 is 1.00 bits per heavy atom. The van der Waals surface area contributed by atoms with Gasteiger partial charge in [-0.3, -0.25) is 4.99 Å². The first kappa shape index (κ1) is 25.4. The van der Waals surface area contributed by atoms with Crippen molar-refractivity contribution in [2.45, 2.75) is 38.5 Å². The van der Waals surface area contributed by atoms with Gasteiger partial charge < -0.3 is 10.6 Å². The summed E-state index contributed by atoms with van der Waals surface area (Å²) in [5.41, 5.74) is 5.01. The highest BCUT2D eigenvalue weighted by molar-refractivity contribution is 14.0. The minimum Gasteiger partial charge on any atom is -0.357 e. The van der Waals surface area contributed by atoms with Gasteiger partial charge in [0.15, 0.2) is 15.8 Å². The zero-order chi connectivity index (χ0) is 20.6. The summed E-state index contributed by atoms with van der Waals surface area (Å²) in [5.74, 6) is 0.806. The summed E-state index contributed by atoms with van der Waals surface area (Å²) in [6, 6.07) is 13.6. The molecule has 0 saturated heterocycles. The zero-order valence-electron chi connectivity index (χ0n) is 17.7. The monoisotopic (exact) mass is 529 g/mol. The molecule has 2 aromatic rings. The molecule has 160 valence electrons. The van der Waals surface area contributed by atoms with Crippen molar-refractivity contribution in [3.05, 3.63) is 64.7 Å². The first-order valence-electron chi connectivity index (χ1n) is 9.67. The number of hydrogen-bond acceptors (Lipinski definition) is 3. The SMILES string of the molecule is CCNC(=NCCc1ccc(C)cc1C)NCCc1ccc(S(C)(=O)=O)cc1.I. The Balaban J connectivity index is 0.00000420. The van der Waals surface area contributed by atoms with Crippen molar-refractivity contribution in [1.29, 1.82) is 0 Å². The number of nitrogens with zero attached hydrogens (tertiary/aromatic N) is 1. The van der Waals surface area contributed by atoms with Crippen molar-refractivity contribution >= 4 is 39.8 Å². The number of halogens is 1. The maximum Gasteiger partial charge on any atom is 0.191 e. The molecule has 2 aromatic carbocycles. The molecule has 0 aliphatic carbocycles. The fourth-order valence-electron chi connectivity index (χ4n) is 2.98. The van der Waals surface area contributed by atoms with Gasteiger partial charge in [-0.05, 0) is 62.4 Å². The number of aliphatic imine (C=N–C) groups is 1. The predicted octanol–water partition coefficient (Wildman–Crippen LogP) is 3.67. The molecule has 0 aromatic heterocycles. The molecule has 7 heteroatoms. The third-order valence-corrected chi connectivity index (χ3v) is 5.68. The highest BCUT2D eigenvalue weighted by Crippen LogP contribution is 2.11. The molecule has 0 saturated carbocycles. The van der Waals surface area contributed by atoms with Gasteiger partial charge >= 0.3 is 0 Å². The predicted molar refractivity (Wildman–Crippen MR) is 132 cm³/mol. The van der Waals surface area contributed by atoms with E-state index in [0.717, 1.165) is 44.0 Å². The van der Waals surface area contributed by atoms with Crippen molar-refractivity contribution in [2.24, 2.45) is 4.99 Å². The molecular weight excluding hydrogens is 497 g/mol. The fourth-order valence-corrected chi connectivity index (χ4v) is 3.62. The first-order valence-corrected chi connectivity index (χ1v) is 11.6.